The summed E-state index contributed by atoms with van der Waals surface area (Å²) >= 11 is 0. The van der Waals surface area contributed by atoms with Crippen LogP contribution in [-0.4, -0.2) is 20.6 Å². The van der Waals surface area contributed by atoms with Gasteiger partial charge >= 0.3 is 13.5 Å². The Kier molecular flexibility index (Phi) is 3.32. The fourth-order valence-electron chi connectivity index (χ4n) is 2.31. The summed E-state index contributed by atoms with van der Waals surface area (Å²) in [5, 5.41) is 0.311. The first-order valence-corrected chi connectivity index (χ1v) is 7.87. The van der Waals surface area contributed by atoms with Crippen LogP contribution in [0.5, 0.6) is 0 Å². The van der Waals surface area contributed by atoms with Crippen molar-refractivity contribution in [1.29, 1.82) is 0 Å². The lowest BCUT2D eigenvalue weighted by Gasteiger charge is -2.19. The molecule has 116 valence electrons. The first-order chi connectivity index (χ1) is 10.3. The van der Waals surface area contributed by atoms with Crippen LogP contribution < -0.4 is 11.2 Å². The molecule has 1 atom stereocenters. The standard InChI is InChI=1S/C13H13N2O6P/c1-14-10-4-3-8(11-5-6-20-22(18,19)21-11)7-9(10)12(16)15(2)13(14)17/h3-5,7H,6H2,1-2H3,(H,18,19). The molecule has 2 aromatic rings. The summed E-state index contributed by atoms with van der Waals surface area (Å²) in [5.74, 6) is 0.162. The molecule has 0 fully saturated rings. The van der Waals surface area contributed by atoms with Gasteiger partial charge in [-0.25, -0.2) is 9.36 Å². The smallest absolute Gasteiger partial charge is 0.404 e. The normalized spacial score (nSPS) is 21.5. The Bertz CT molecular complexity index is 971. The molecule has 2 heterocycles. The van der Waals surface area contributed by atoms with E-state index < -0.39 is 19.1 Å². The third-order valence-corrected chi connectivity index (χ3v) is 4.37. The number of benzene rings is 1. The Labute approximate surface area is 124 Å². The molecule has 1 aliphatic rings. The summed E-state index contributed by atoms with van der Waals surface area (Å²) in [7, 11) is -1.16. The Hall–Kier alpha value is -2.15. The van der Waals surface area contributed by atoms with Gasteiger partial charge in [-0.2, -0.15) is 0 Å². The molecule has 9 heteroatoms. The number of rotatable bonds is 1. The van der Waals surface area contributed by atoms with Crippen LogP contribution in [-0.2, 0) is 27.7 Å². The zero-order chi connectivity index (χ0) is 16.1. The van der Waals surface area contributed by atoms with Gasteiger partial charge < -0.3 is 4.52 Å². The van der Waals surface area contributed by atoms with Crippen LogP contribution in [0.25, 0.3) is 16.7 Å². The topological polar surface area (TPSA) is 99.8 Å². The zero-order valence-electron chi connectivity index (χ0n) is 11.8. The van der Waals surface area contributed by atoms with Crippen molar-refractivity contribution in [2.75, 3.05) is 6.61 Å². The van der Waals surface area contributed by atoms with Crippen molar-refractivity contribution in [2.45, 2.75) is 0 Å². The highest BCUT2D eigenvalue weighted by molar-refractivity contribution is 7.47. The monoisotopic (exact) mass is 324 g/mol. The fourth-order valence-corrected chi connectivity index (χ4v) is 3.06. The van der Waals surface area contributed by atoms with Crippen LogP contribution in [0.2, 0.25) is 0 Å². The number of nitrogens with zero attached hydrogens (tertiary/aromatic N) is 2. The van der Waals surface area contributed by atoms with E-state index in [9.17, 15) is 19.0 Å². The molecule has 0 saturated carbocycles. The zero-order valence-corrected chi connectivity index (χ0v) is 12.7. The van der Waals surface area contributed by atoms with Crippen molar-refractivity contribution < 1.29 is 18.5 Å². The average Bonchev–Trinajstić information content (AvgIpc) is 2.49. The molecular formula is C13H13N2O6P. The quantitative estimate of drug-likeness (QED) is 0.776. The molecule has 22 heavy (non-hydrogen) atoms. The summed E-state index contributed by atoms with van der Waals surface area (Å²) < 4.78 is 23.3. The minimum atomic E-state index is -4.11. The predicted octanol–water partition coefficient (Wildman–Crippen LogP) is 0.725. The Balaban J connectivity index is 2.24. The maximum absolute atomic E-state index is 12.2. The molecule has 1 N–H and O–H groups in total. The second-order valence-corrected chi connectivity index (χ2v) is 6.24. The van der Waals surface area contributed by atoms with Crippen LogP contribution in [0.3, 0.4) is 0 Å². The second kappa shape index (κ2) is 4.95. The molecule has 0 radical (unpaired) electrons. The average molecular weight is 324 g/mol. The van der Waals surface area contributed by atoms with Crippen LogP contribution in [0.4, 0.5) is 0 Å². The maximum atomic E-state index is 12.2. The van der Waals surface area contributed by atoms with Gasteiger partial charge in [0.25, 0.3) is 5.56 Å². The molecule has 0 bridgehead atoms. The summed E-state index contributed by atoms with van der Waals surface area (Å²) in [6.45, 7) is -0.0631. The maximum Gasteiger partial charge on any atom is 0.527 e. The Morgan fingerprint density at radius 2 is 1.95 bits per heavy atom. The molecule has 0 aliphatic carbocycles. The molecule has 1 aromatic heterocycles. The van der Waals surface area contributed by atoms with Gasteiger partial charge in [0.1, 0.15) is 5.76 Å². The summed E-state index contributed by atoms with van der Waals surface area (Å²) in [6.07, 6.45) is 1.50. The largest absolute Gasteiger partial charge is 0.527 e. The molecule has 8 nitrogen and oxygen atoms in total. The van der Waals surface area contributed by atoms with Crippen molar-refractivity contribution in [2.24, 2.45) is 14.1 Å². The van der Waals surface area contributed by atoms with E-state index in [1.165, 1.54) is 23.8 Å². The molecule has 3 rings (SSSR count). The van der Waals surface area contributed by atoms with Gasteiger partial charge in [0.2, 0.25) is 0 Å². The molecule has 0 saturated heterocycles. The van der Waals surface area contributed by atoms with Gasteiger partial charge in [-0.05, 0) is 24.3 Å². The molecule has 1 unspecified atom stereocenters. The van der Waals surface area contributed by atoms with Gasteiger partial charge in [0, 0.05) is 19.7 Å². The lowest BCUT2D eigenvalue weighted by Crippen LogP contribution is -2.36. The van der Waals surface area contributed by atoms with E-state index in [0.717, 1.165) is 4.57 Å². The number of hydrogen-bond acceptors (Lipinski definition) is 5. The van der Waals surface area contributed by atoms with E-state index in [2.05, 4.69) is 4.52 Å². The second-order valence-electron chi connectivity index (χ2n) is 4.86. The van der Waals surface area contributed by atoms with E-state index >= 15 is 0 Å². The van der Waals surface area contributed by atoms with E-state index in [-0.39, 0.29) is 12.4 Å². The highest BCUT2D eigenvalue weighted by Crippen LogP contribution is 2.50. The van der Waals surface area contributed by atoms with Crippen LogP contribution in [0, 0.1) is 0 Å². The van der Waals surface area contributed by atoms with Crippen LogP contribution in [0.15, 0.2) is 33.9 Å². The van der Waals surface area contributed by atoms with Crippen LogP contribution >= 0.6 is 7.82 Å². The fraction of sp³-hybridized carbons (Fsp3) is 0.231. The molecule has 0 amide bonds. The van der Waals surface area contributed by atoms with Crippen molar-refractivity contribution in [3.05, 3.63) is 50.7 Å². The molecule has 1 aromatic carbocycles. The van der Waals surface area contributed by atoms with Crippen molar-refractivity contribution in [3.8, 4) is 0 Å². The van der Waals surface area contributed by atoms with Gasteiger partial charge in [-0.3, -0.25) is 23.3 Å². The lowest BCUT2D eigenvalue weighted by atomic mass is 10.1. The first kappa shape index (κ1) is 14.8. The van der Waals surface area contributed by atoms with Gasteiger partial charge in [-0.1, -0.05) is 0 Å². The third-order valence-electron chi connectivity index (χ3n) is 3.47. The van der Waals surface area contributed by atoms with E-state index in [1.54, 1.807) is 19.2 Å². The van der Waals surface area contributed by atoms with Gasteiger partial charge in [-0.15, -0.1) is 0 Å². The van der Waals surface area contributed by atoms with Gasteiger partial charge in [0.05, 0.1) is 17.5 Å². The number of aromatic nitrogens is 2. The summed E-state index contributed by atoms with van der Waals surface area (Å²) in [5.41, 5.74) is 0.0592. The SMILES string of the molecule is Cn1c(=O)c2cc(C3=CCOP(=O)(O)O3)ccc2n(C)c1=O. The third kappa shape index (κ3) is 2.31. The van der Waals surface area contributed by atoms with Crippen molar-refractivity contribution in [3.63, 3.8) is 0 Å². The number of phosphoric acid groups is 1. The highest BCUT2D eigenvalue weighted by Gasteiger charge is 2.28. The van der Waals surface area contributed by atoms with Crippen LogP contribution in [0.1, 0.15) is 5.56 Å². The molecule has 0 spiro atoms. The van der Waals surface area contributed by atoms with Crippen molar-refractivity contribution >= 4 is 24.5 Å². The minimum absolute atomic E-state index is 0.0631. The number of hydrogen-bond donors (Lipinski definition) is 1. The Morgan fingerprint density at radius 3 is 2.64 bits per heavy atom. The lowest BCUT2D eigenvalue weighted by molar-refractivity contribution is 0.199. The number of fused-ring (bicyclic) bond motifs is 1. The highest BCUT2D eigenvalue weighted by atomic mass is 31.2. The number of aryl methyl sites for hydroxylation is 1. The molecule has 1 aliphatic heterocycles. The van der Waals surface area contributed by atoms with E-state index in [0.29, 0.717) is 16.5 Å². The van der Waals surface area contributed by atoms with E-state index in [4.69, 9.17) is 4.52 Å². The first-order valence-electron chi connectivity index (χ1n) is 6.37. The van der Waals surface area contributed by atoms with Gasteiger partial charge in [0.15, 0.2) is 0 Å². The Morgan fingerprint density at radius 1 is 1.23 bits per heavy atom. The van der Waals surface area contributed by atoms with E-state index in [1.807, 2.05) is 0 Å². The summed E-state index contributed by atoms with van der Waals surface area (Å²) in [4.78, 5) is 33.5. The van der Waals surface area contributed by atoms with Crippen molar-refractivity contribution in [1.82, 2.24) is 9.13 Å². The minimum Gasteiger partial charge on any atom is -0.404 e. The number of phosphoric ester groups is 1. The predicted molar refractivity (Wildman–Crippen MR) is 79.3 cm³/mol. The summed E-state index contributed by atoms with van der Waals surface area (Å²) in [6, 6.07) is 4.72. The molecular weight excluding hydrogens is 311 g/mol.